The average molecular weight is 653 g/mol. The van der Waals surface area contributed by atoms with Gasteiger partial charge in [-0.3, -0.25) is 14.8 Å². The molecule has 0 radical (unpaired) electrons. The molecule has 1 fully saturated rings. The first-order valence-corrected chi connectivity index (χ1v) is 14.9. The summed E-state index contributed by atoms with van der Waals surface area (Å²) in [5.41, 5.74) is 6.88. The fourth-order valence-corrected chi connectivity index (χ4v) is 5.39. The van der Waals surface area contributed by atoms with Gasteiger partial charge in [0.1, 0.15) is 11.8 Å². The van der Waals surface area contributed by atoms with Crippen LogP contribution in [-0.4, -0.2) is 71.1 Å². The highest BCUT2D eigenvalue weighted by Crippen LogP contribution is 2.45. The van der Waals surface area contributed by atoms with E-state index in [-0.39, 0.29) is 12.2 Å². The van der Waals surface area contributed by atoms with E-state index >= 15 is 0 Å². The molecule has 13 nitrogen and oxygen atoms in total. The summed E-state index contributed by atoms with van der Waals surface area (Å²) in [6.07, 6.45) is 8.15. The fraction of sp³-hybridized carbons (Fsp3) is 0.229. The van der Waals surface area contributed by atoms with Crippen LogP contribution in [0.4, 0.5) is 5.82 Å². The monoisotopic (exact) mass is 652 g/mol. The quantitative estimate of drug-likeness (QED) is 0.0704. The molecule has 1 saturated heterocycles. The van der Waals surface area contributed by atoms with Gasteiger partial charge in [0.25, 0.3) is 12.4 Å². The number of hydroxylamine groups is 1. The average Bonchev–Trinajstić information content (AvgIpc) is 3.13. The molecule has 0 spiro atoms. The molecule has 13 heteroatoms. The molecule has 1 amide bonds. The summed E-state index contributed by atoms with van der Waals surface area (Å²) >= 11 is 0. The third kappa shape index (κ3) is 8.64. The SMILES string of the molecule is COc1ccc(-c2cnc(N3CCC(NCc4ccc(/C=C/C(=O)NO)cc4)CC3)c(OC)c2-c2ccc(C#N)nc2)cc1O.O=CO. The van der Waals surface area contributed by atoms with Crippen LogP contribution in [0.1, 0.15) is 29.7 Å². The maximum Gasteiger partial charge on any atom is 0.290 e. The number of methoxy groups -OCH3 is 2. The Morgan fingerprint density at radius 2 is 1.75 bits per heavy atom. The van der Waals surface area contributed by atoms with E-state index in [4.69, 9.17) is 29.6 Å². The Morgan fingerprint density at radius 3 is 2.33 bits per heavy atom. The highest BCUT2D eigenvalue weighted by molar-refractivity contribution is 5.91. The van der Waals surface area contributed by atoms with Crippen molar-refractivity contribution in [2.45, 2.75) is 25.4 Å². The van der Waals surface area contributed by atoms with Crippen molar-refractivity contribution in [3.8, 4) is 45.6 Å². The van der Waals surface area contributed by atoms with Crippen LogP contribution < -0.4 is 25.2 Å². The number of carbonyl (C=O) groups is 2. The summed E-state index contributed by atoms with van der Waals surface area (Å²) < 4.78 is 11.2. The van der Waals surface area contributed by atoms with Crippen molar-refractivity contribution < 1.29 is 34.5 Å². The van der Waals surface area contributed by atoms with E-state index in [9.17, 15) is 15.2 Å². The Bertz CT molecular complexity index is 1760. The number of hydrogen-bond acceptors (Lipinski definition) is 11. The van der Waals surface area contributed by atoms with E-state index in [1.165, 1.54) is 13.2 Å². The number of aromatic nitrogens is 2. The van der Waals surface area contributed by atoms with E-state index in [0.29, 0.717) is 29.8 Å². The number of rotatable bonds is 10. The predicted octanol–water partition coefficient (Wildman–Crippen LogP) is 4.38. The molecule has 0 unspecified atom stereocenters. The third-order valence-corrected chi connectivity index (χ3v) is 7.78. The molecule has 0 atom stereocenters. The summed E-state index contributed by atoms with van der Waals surface area (Å²) in [7, 11) is 3.12. The highest BCUT2D eigenvalue weighted by Gasteiger charge is 2.26. The molecule has 248 valence electrons. The molecule has 0 bridgehead atoms. The maximum absolute atomic E-state index is 11.2. The molecule has 3 heterocycles. The van der Waals surface area contributed by atoms with Gasteiger partial charge in [0.15, 0.2) is 23.1 Å². The second-order valence-corrected chi connectivity index (χ2v) is 10.6. The number of nitrogens with zero attached hydrogens (tertiary/aromatic N) is 4. The molecular formula is C35H36N6O7. The number of ether oxygens (including phenoxy) is 2. The molecule has 5 N–H and O–H groups in total. The number of aromatic hydroxyl groups is 1. The zero-order valence-corrected chi connectivity index (χ0v) is 26.5. The van der Waals surface area contributed by atoms with Gasteiger partial charge in [0.2, 0.25) is 0 Å². The van der Waals surface area contributed by atoms with Gasteiger partial charge in [-0.05, 0) is 59.9 Å². The number of phenolic OH excluding ortho intramolecular Hbond substituents is 1. The van der Waals surface area contributed by atoms with Crippen molar-refractivity contribution in [2.75, 3.05) is 32.2 Å². The van der Waals surface area contributed by atoms with Gasteiger partial charge in [0.05, 0.1) is 14.2 Å². The number of carbonyl (C=O) groups excluding carboxylic acids is 1. The van der Waals surface area contributed by atoms with Crippen LogP contribution in [0.2, 0.25) is 0 Å². The van der Waals surface area contributed by atoms with Crippen LogP contribution in [0.5, 0.6) is 17.2 Å². The van der Waals surface area contributed by atoms with Crippen molar-refractivity contribution in [3.63, 3.8) is 0 Å². The first kappa shape index (κ1) is 34.9. The highest BCUT2D eigenvalue weighted by atomic mass is 16.5. The van der Waals surface area contributed by atoms with Gasteiger partial charge in [-0.2, -0.15) is 5.26 Å². The lowest BCUT2D eigenvalue weighted by molar-refractivity contribution is -0.124. The lowest BCUT2D eigenvalue weighted by Crippen LogP contribution is -2.42. The molecule has 4 aromatic rings. The summed E-state index contributed by atoms with van der Waals surface area (Å²) in [6.45, 7) is 2.00. The Morgan fingerprint density at radius 1 is 1.04 bits per heavy atom. The second kappa shape index (κ2) is 17.1. The predicted molar refractivity (Wildman–Crippen MR) is 179 cm³/mol. The number of benzene rings is 2. The second-order valence-electron chi connectivity index (χ2n) is 10.6. The van der Waals surface area contributed by atoms with Crippen molar-refractivity contribution in [1.29, 1.82) is 5.26 Å². The van der Waals surface area contributed by atoms with Crippen molar-refractivity contribution in [1.82, 2.24) is 20.8 Å². The molecule has 0 aliphatic carbocycles. The van der Waals surface area contributed by atoms with Gasteiger partial charge < -0.3 is 29.9 Å². The molecule has 2 aromatic carbocycles. The smallest absolute Gasteiger partial charge is 0.290 e. The van der Waals surface area contributed by atoms with Gasteiger partial charge in [0, 0.05) is 60.8 Å². The summed E-state index contributed by atoms with van der Waals surface area (Å²) in [5, 5.41) is 38.9. The Kier molecular flexibility index (Phi) is 12.4. The number of nitrogens with one attached hydrogen (secondary N) is 2. The van der Waals surface area contributed by atoms with Crippen LogP contribution in [0.15, 0.2) is 73.1 Å². The van der Waals surface area contributed by atoms with Gasteiger partial charge >= 0.3 is 0 Å². The fourth-order valence-electron chi connectivity index (χ4n) is 5.39. The van der Waals surface area contributed by atoms with E-state index in [1.807, 2.05) is 36.4 Å². The van der Waals surface area contributed by atoms with E-state index in [0.717, 1.165) is 65.1 Å². The van der Waals surface area contributed by atoms with Crippen molar-refractivity contribution in [2.24, 2.45) is 0 Å². The lowest BCUT2D eigenvalue weighted by atomic mass is 9.95. The first-order chi connectivity index (χ1) is 23.3. The van der Waals surface area contributed by atoms with Crippen LogP contribution in [0.25, 0.3) is 28.3 Å². The molecule has 0 saturated carbocycles. The van der Waals surface area contributed by atoms with Crippen LogP contribution in [-0.2, 0) is 16.1 Å². The third-order valence-electron chi connectivity index (χ3n) is 7.78. The number of carboxylic acid groups (broad SMARTS) is 1. The maximum atomic E-state index is 11.2. The largest absolute Gasteiger partial charge is 0.504 e. The Labute approximate surface area is 277 Å². The number of amides is 1. The van der Waals surface area contributed by atoms with Gasteiger partial charge in [-0.15, -0.1) is 0 Å². The Balaban J connectivity index is 0.00000167. The van der Waals surface area contributed by atoms with Crippen LogP contribution in [0.3, 0.4) is 0 Å². The summed E-state index contributed by atoms with van der Waals surface area (Å²) in [4.78, 5) is 30.9. The normalized spacial score (nSPS) is 12.8. The Hall–Kier alpha value is -5.97. The summed E-state index contributed by atoms with van der Waals surface area (Å²) in [6, 6.07) is 19.0. The van der Waals surface area contributed by atoms with Crippen LogP contribution >= 0.6 is 0 Å². The number of hydrogen-bond donors (Lipinski definition) is 5. The topological polar surface area (TPSA) is 190 Å². The number of phenols is 1. The van der Waals surface area contributed by atoms with Crippen molar-refractivity contribution >= 4 is 24.3 Å². The first-order valence-electron chi connectivity index (χ1n) is 14.9. The van der Waals surface area contributed by atoms with E-state index in [2.05, 4.69) is 21.3 Å². The number of piperidine rings is 1. The lowest BCUT2D eigenvalue weighted by Gasteiger charge is -2.34. The van der Waals surface area contributed by atoms with E-state index < -0.39 is 5.91 Å². The number of pyridine rings is 2. The van der Waals surface area contributed by atoms with Gasteiger partial charge in [-0.25, -0.2) is 15.4 Å². The molecule has 1 aliphatic heterocycles. The van der Waals surface area contributed by atoms with Crippen LogP contribution in [0, 0.1) is 11.3 Å². The zero-order chi connectivity index (χ0) is 34.5. The molecular weight excluding hydrogens is 616 g/mol. The summed E-state index contributed by atoms with van der Waals surface area (Å²) in [5.74, 6) is 1.11. The minimum absolute atomic E-state index is 0.0105. The molecule has 1 aliphatic rings. The minimum atomic E-state index is -0.573. The molecule has 5 rings (SSSR count). The standard InChI is InChI=1S/C34H34N6O5.CH2O2/c1-44-30-11-9-24(17-29(30)41)28-21-38-34(33(45-2)32(28)25-8-10-27(18-35)37-20-25)40-15-13-26(14-16-40)36-19-23-5-3-22(4-6-23)7-12-31(42)39-43;2-1-3/h3-12,17,20-21,26,36,41,43H,13-16,19H2,1-2H3,(H,39,42);1H,(H,2,3)/b12-7+;. The number of nitriles is 1. The number of anilines is 1. The zero-order valence-electron chi connectivity index (χ0n) is 26.5. The minimum Gasteiger partial charge on any atom is -0.504 e. The molecule has 48 heavy (non-hydrogen) atoms. The van der Waals surface area contributed by atoms with E-state index in [1.54, 1.807) is 49.3 Å². The van der Waals surface area contributed by atoms with Crippen molar-refractivity contribution in [3.05, 3.63) is 89.9 Å². The molecule has 2 aromatic heterocycles. The van der Waals surface area contributed by atoms with Gasteiger partial charge in [-0.1, -0.05) is 30.3 Å².